The van der Waals surface area contributed by atoms with Gasteiger partial charge in [-0.25, -0.2) is 9.59 Å². The molecule has 6 heteroatoms. The van der Waals surface area contributed by atoms with E-state index in [1.54, 1.807) is 0 Å². The number of carbonyl (C=O) groups excluding carboxylic acids is 1. The van der Waals surface area contributed by atoms with Crippen molar-refractivity contribution >= 4 is 11.9 Å². The Labute approximate surface area is 92.8 Å². The second-order valence-electron chi connectivity index (χ2n) is 3.92. The van der Waals surface area contributed by atoms with Gasteiger partial charge < -0.3 is 20.1 Å². The average molecular weight is 232 g/mol. The van der Waals surface area contributed by atoms with Crippen molar-refractivity contribution in [2.45, 2.75) is 50.4 Å². The first-order valence-electron chi connectivity index (χ1n) is 5.32. The lowest BCUT2D eigenvalue weighted by atomic mass is 9.98. The molecule has 0 aliphatic heterocycles. The molecule has 0 amide bonds. The van der Waals surface area contributed by atoms with Gasteiger partial charge in [0, 0.05) is 0 Å². The van der Waals surface area contributed by atoms with Gasteiger partial charge >= 0.3 is 11.9 Å². The minimum atomic E-state index is -2.13. The SMILES string of the molecule is O=C(O)[C@H](O)[C@@H](O)C(=O)OC1CCCCC1. The minimum absolute atomic E-state index is 0.267. The summed E-state index contributed by atoms with van der Waals surface area (Å²) in [5.41, 5.74) is 0. The first-order valence-corrected chi connectivity index (χ1v) is 5.32. The van der Waals surface area contributed by atoms with Crippen molar-refractivity contribution in [3.8, 4) is 0 Å². The molecule has 3 N–H and O–H groups in total. The summed E-state index contributed by atoms with van der Waals surface area (Å²) >= 11 is 0. The van der Waals surface area contributed by atoms with E-state index >= 15 is 0 Å². The number of esters is 1. The minimum Gasteiger partial charge on any atom is -0.479 e. The summed E-state index contributed by atoms with van der Waals surface area (Å²) in [6, 6.07) is 0. The molecule has 0 unspecified atom stereocenters. The maximum Gasteiger partial charge on any atom is 0.338 e. The Morgan fingerprint density at radius 1 is 1.06 bits per heavy atom. The maximum absolute atomic E-state index is 11.3. The van der Waals surface area contributed by atoms with Crippen LogP contribution in [0.2, 0.25) is 0 Å². The van der Waals surface area contributed by atoms with E-state index in [2.05, 4.69) is 0 Å². The molecule has 0 aromatic heterocycles. The van der Waals surface area contributed by atoms with Crippen LogP contribution in [0.3, 0.4) is 0 Å². The molecule has 0 aromatic rings. The molecule has 0 radical (unpaired) electrons. The zero-order valence-electron chi connectivity index (χ0n) is 8.83. The van der Waals surface area contributed by atoms with E-state index in [1.807, 2.05) is 0 Å². The summed E-state index contributed by atoms with van der Waals surface area (Å²) in [5.74, 6) is -2.71. The fraction of sp³-hybridized carbons (Fsp3) is 0.800. The van der Waals surface area contributed by atoms with Crippen molar-refractivity contribution in [2.75, 3.05) is 0 Å². The van der Waals surface area contributed by atoms with Crippen LogP contribution in [0.5, 0.6) is 0 Å². The van der Waals surface area contributed by atoms with Crippen LogP contribution >= 0.6 is 0 Å². The summed E-state index contributed by atoms with van der Waals surface area (Å²) in [7, 11) is 0. The standard InChI is InChI=1S/C10H16O6/c11-7(9(13)14)8(12)10(15)16-6-4-2-1-3-5-6/h6-8,11-12H,1-5H2,(H,13,14)/t7-,8-/m1/s1. The van der Waals surface area contributed by atoms with Crippen LogP contribution in [0.15, 0.2) is 0 Å². The van der Waals surface area contributed by atoms with Gasteiger partial charge in [0.1, 0.15) is 6.10 Å². The molecule has 1 aliphatic rings. The highest BCUT2D eigenvalue weighted by Crippen LogP contribution is 2.20. The molecule has 0 bridgehead atoms. The van der Waals surface area contributed by atoms with Gasteiger partial charge in [-0.1, -0.05) is 6.42 Å². The maximum atomic E-state index is 11.3. The largest absolute Gasteiger partial charge is 0.479 e. The van der Waals surface area contributed by atoms with Crippen molar-refractivity contribution in [2.24, 2.45) is 0 Å². The Kier molecular flexibility index (Phi) is 4.70. The van der Waals surface area contributed by atoms with Crippen LogP contribution in [0.25, 0.3) is 0 Å². The number of carbonyl (C=O) groups is 2. The summed E-state index contributed by atoms with van der Waals surface area (Å²) < 4.78 is 4.91. The Morgan fingerprint density at radius 2 is 1.62 bits per heavy atom. The fourth-order valence-electron chi connectivity index (χ4n) is 1.68. The van der Waals surface area contributed by atoms with Crippen molar-refractivity contribution in [1.29, 1.82) is 0 Å². The number of aliphatic carboxylic acids is 1. The molecular formula is C10H16O6. The molecule has 0 saturated heterocycles. The van der Waals surface area contributed by atoms with Gasteiger partial charge in [-0.15, -0.1) is 0 Å². The number of hydrogen-bond donors (Lipinski definition) is 3. The molecule has 0 aromatic carbocycles. The quantitative estimate of drug-likeness (QED) is 0.573. The normalized spacial score (nSPS) is 21.1. The molecule has 0 heterocycles. The van der Waals surface area contributed by atoms with E-state index in [-0.39, 0.29) is 6.10 Å². The molecule has 2 atom stereocenters. The Balaban J connectivity index is 2.41. The van der Waals surface area contributed by atoms with Crippen LogP contribution < -0.4 is 0 Å². The molecule has 6 nitrogen and oxygen atoms in total. The molecule has 0 spiro atoms. The summed E-state index contributed by atoms with van der Waals surface area (Å²) in [6.07, 6.45) is 0.0373. The third kappa shape index (κ3) is 3.46. The first-order chi connectivity index (χ1) is 7.52. The van der Waals surface area contributed by atoms with Crippen molar-refractivity contribution in [1.82, 2.24) is 0 Å². The smallest absolute Gasteiger partial charge is 0.338 e. The van der Waals surface area contributed by atoms with Crippen LogP contribution in [0.4, 0.5) is 0 Å². The van der Waals surface area contributed by atoms with Gasteiger partial charge in [0.05, 0.1) is 0 Å². The average Bonchev–Trinajstić information content (AvgIpc) is 2.28. The molecule has 92 valence electrons. The summed E-state index contributed by atoms with van der Waals surface area (Å²) in [6.45, 7) is 0. The second kappa shape index (κ2) is 5.81. The topological polar surface area (TPSA) is 104 Å². The number of aliphatic hydroxyl groups excluding tert-OH is 2. The highest BCUT2D eigenvalue weighted by atomic mass is 16.6. The van der Waals surface area contributed by atoms with E-state index < -0.39 is 24.1 Å². The third-order valence-corrected chi connectivity index (χ3v) is 2.63. The number of carboxylic acid groups (broad SMARTS) is 1. The van der Waals surface area contributed by atoms with Gasteiger partial charge in [-0.05, 0) is 25.7 Å². The number of hydrogen-bond acceptors (Lipinski definition) is 5. The van der Waals surface area contributed by atoms with Crippen molar-refractivity contribution in [3.05, 3.63) is 0 Å². The summed E-state index contributed by atoms with van der Waals surface area (Å²) in [5, 5.41) is 26.5. The van der Waals surface area contributed by atoms with Crippen LogP contribution in [-0.2, 0) is 14.3 Å². The van der Waals surface area contributed by atoms with E-state index in [9.17, 15) is 14.7 Å². The monoisotopic (exact) mass is 232 g/mol. The number of aliphatic hydroxyl groups is 2. The second-order valence-corrected chi connectivity index (χ2v) is 3.92. The summed E-state index contributed by atoms with van der Waals surface area (Å²) in [4.78, 5) is 21.6. The third-order valence-electron chi connectivity index (χ3n) is 2.63. The van der Waals surface area contributed by atoms with Gasteiger partial charge in [0.25, 0.3) is 0 Å². The first kappa shape index (κ1) is 12.9. The number of carboxylic acids is 1. The lowest BCUT2D eigenvalue weighted by Crippen LogP contribution is -2.42. The van der Waals surface area contributed by atoms with E-state index in [0.717, 1.165) is 32.1 Å². The highest BCUT2D eigenvalue weighted by molar-refractivity contribution is 5.84. The molecular weight excluding hydrogens is 216 g/mol. The van der Waals surface area contributed by atoms with Crippen LogP contribution in [-0.4, -0.2) is 45.6 Å². The molecule has 1 saturated carbocycles. The predicted octanol–water partition coefficient (Wildman–Crippen LogP) is -0.331. The van der Waals surface area contributed by atoms with E-state index in [1.165, 1.54) is 0 Å². The lowest BCUT2D eigenvalue weighted by Gasteiger charge is -2.23. The molecule has 1 rings (SSSR count). The predicted molar refractivity (Wildman–Crippen MR) is 52.6 cm³/mol. The van der Waals surface area contributed by atoms with Crippen molar-refractivity contribution in [3.63, 3.8) is 0 Å². The Hall–Kier alpha value is -1.14. The molecule has 1 fully saturated rings. The number of ether oxygens (including phenoxy) is 1. The number of rotatable bonds is 4. The fourth-order valence-corrected chi connectivity index (χ4v) is 1.68. The van der Waals surface area contributed by atoms with Crippen LogP contribution in [0.1, 0.15) is 32.1 Å². The van der Waals surface area contributed by atoms with Gasteiger partial charge in [-0.2, -0.15) is 0 Å². The van der Waals surface area contributed by atoms with Gasteiger partial charge in [0.15, 0.2) is 12.2 Å². The van der Waals surface area contributed by atoms with Gasteiger partial charge in [-0.3, -0.25) is 0 Å². The van der Waals surface area contributed by atoms with Crippen molar-refractivity contribution < 1.29 is 29.6 Å². The van der Waals surface area contributed by atoms with Gasteiger partial charge in [0.2, 0.25) is 0 Å². The highest BCUT2D eigenvalue weighted by Gasteiger charge is 2.33. The lowest BCUT2D eigenvalue weighted by molar-refractivity contribution is -0.174. The Bertz CT molecular complexity index is 258. The Morgan fingerprint density at radius 3 is 2.12 bits per heavy atom. The van der Waals surface area contributed by atoms with Crippen LogP contribution in [0, 0.1) is 0 Å². The molecule has 16 heavy (non-hydrogen) atoms. The zero-order valence-corrected chi connectivity index (χ0v) is 8.83. The van der Waals surface area contributed by atoms with E-state index in [0.29, 0.717) is 0 Å². The zero-order chi connectivity index (χ0) is 12.1. The van der Waals surface area contributed by atoms with E-state index in [4.69, 9.17) is 14.9 Å². The molecule has 1 aliphatic carbocycles.